The van der Waals surface area contributed by atoms with Crippen molar-refractivity contribution in [1.82, 2.24) is 14.8 Å². The first-order valence-corrected chi connectivity index (χ1v) is 6.95. The summed E-state index contributed by atoms with van der Waals surface area (Å²) >= 11 is 1.62. The van der Waals surface area contributed by atoms with Crippen molar-refractivity contribution in [2.24, 2.45) is 5.73 Å². The zero-order valence-electron chi connectivity index (χ0n) is 9.89. The molecule has 3 rings (SSSR count). The lowest BCUT2D eigenvalue weighted by molar-refractivity contribution is 0.555. The molecule has 1 atom stereocenters. The van der Waals surface area contributed by atoms with Crippen molar-refractivity contribution in [2.45, 2.75) is 38.6 Å². The topological polar surface area (TPSA) is 56.7 Å². The minimum atomic E-state index is 0.155. The maximum absolute atomic E-state index is 6.22. The highest BCUT2D eigenvalue weighted by Crippen LogP contribution is 2.32. The molecule has 90 valence electrons. The van der Waals surface area contributed by atoms with E-state index in [2.05, 4.69) is 17.0 Å². The van der Waals surface area contributed by atoms with Gasteiger partial charge in [0.1, 0.15) is 0 Å². The highest BCUT2D eigenvalue weighted by atomic mass is 32.1. The molecule has 4 nitrogen and oxygen atoms in total. The Morgan fingerprint density at radius 1 is 1.59 bits per heavy atom. The Morgan fingerprint density at radius 3 is 3.18 bits per heavy atom. The lowest BCUT2D eigenvalue weighted by Gasteiger charge is -2.19. The van der Waals surface area contributed by atoms with Gasteiger partial charge in [0.25, 0.3) is 0 Å². The summed E-state index contributed by atoms with van der Waals surface area (Å²) in [5, 5.41) is 7.63. The second-order valence-corrected chi connectivity index (χ2v) is 5.26. The molecule has 2 N–H and O–H groups in total. The van der Waals surface area contributed by atoms with E-state index in [0.717, 1.165) is 36.5 Å². The molecule has 0 aromatic carbocycles. The number of rotatable bonds is 2. The van der Waals surface area contributed by atoms with E-state index in [0.29, 0.717) is 0 Å². The van der Waals surface area contributed by atoms with Crippen molar-refractivity contribution in [3.63, 3.8) is 0 Å². The predicted octanol–water partition coefficient (Wildman–Crippen LogP) is 2.23. The first kappa shape index (κ1) is 10.9. The molecule has 0 fully saturated rings. The third kappa shape index (κ3) is 1.70. The van der Waals surface area contributed by atoms with Gasteiger partial charge in [0.2, 0.25) is 5.13 Å². The van der Waals surface area contributed by atoms with E-state index in [9.17, 15) is 0 Å². The van der Waals surface area contributed by atoms with Gasteiger partial charge in [0.05, 0.1) is 11.4 Å². The zero-order valence-corrected chi connectivity index (χ0v) is 10.7. The van der Waals surface area contributed by atoms with E-state index < -0.39 is 0 Å². The van der Waals surface area contributed by atoms with Crippen molar-refractivity contribution in [3.05, 3.63) is 28.5 Å². The summed E-state index contributed by atoms with van der Waals surface area (Å²) in [6.07, 6.45) is 6.05. The fourth-order valence-electron chi connectivity index (χ4n) is 2.56. The van der Waals surface area contributed by atoms with E-state index in [4.69, 9.17) is 5.73 Å². The van der Waals surface area contributed by atoms with Crippen LogP contribution in [0.15, 0.2) is 11.6 Å². The number of hydrogen-bond acceptors (Lipinski definition) is 4. The third-order valence-electron chi connectivity index (χ3n) is 3.33. The van der Waals surface area contributed by atoms with Crippen LogP contribution in [0.25, 0.3) is 5.13 Å². The number of fused-ring (bicyclic) bond motifs is 1. The van der Waals surface area contributed by atoms with Gasteiger partial charge < -0.3 is 5.73 Å². The van der Waals surface area contributed by atoms with Crippen LogP contribution >= 0.6 is 11.3 Å². The summed E-state index contributed by atoms with van der Waals surface area (Å²) in [7, 11) is 0. The number of nitrogens with zero attached hydrogens (tertiary/aromatic N) is 3. The van der Waals surface area contributed by atoms with Gasteiger partial charge in [-0.1, -0.05) is 6.92 Å². The van der Waals surface area contributed by atoms with Crippen molar-refractivity contribution < 1.29 is 0 Å². The third-order valence-corrected chi connectivity index (χ3v) is 4.08. The molecule has 1 aliphatic rings. The van der Waals surface area contributed by atoms with Crippen LogP contribution in [0.3, 0.4) is 0 Å². The van der Waals surface area contributed by atoms with Gasteiger partial charge in [-0.25, -0.2) is 9.67 Å². The molecule has 5 heteroatoms. The van der Waals surface area contributed by atoms with E-state index in [1.165, 1.54) is 11.3 Å². The quantitative estimate of drug-likeness (QED) is 0.886. The molecule has 0 saturated carbocycles. The average molecular weight is 248 g/mol. The summed E-state index contributed by atoms with van der Waals surface area (Å²) in [4.78, 5) is 4.35. The second-order valence-electron chi connectivity index (χ2n) is 4.39. The van der Waals surface area contributed by atoms with Crippen LogP contribution < -0.4 is 5.73 Å². The summed E-state index contributed by atoms with van der Waals surface area (Å²) < 4.78 is 2.00. The number of aromatic nitrogens is 3. The van der Waals surface area contributed by atoms with Crippen LogP contribution in [-0.2, 0) is 12.8 Å². The molecule has 0 saturated heterocycles. The number of aryl methyl sites for hydroxylation is 1. The number of hydrogen-bond donors (Lipinski definition) is 1. The molecule has 17 heavy (non-hydrogen) atoms. The molecule has 0 spiro atoms. The van der Waals surface area contributed by atoms with Crippen molar-refractivity contribution in [2.75, 3.05) is 0 Å². The lowest BCUT2D eigenvalue weighted by atomic mass is 9.91. The van der Waals surface area contributed by atoms with Gasteiger partial charge in [-0.15, -0.1) is 11.3 Å². The first-order valence-electron chi connectivity index (χ1n) is 6.07. The standard InChI is InChI=1S/C12H16N4S/c1-2-9-11-8(13)4-3-5-10(11)16(15-9)12-14-6-7-17-12/h6-8H,2-5,13H2,1H3. The Balaban J connectivity index is 2.17. The van der Waals surface area contributed by atoms with Crippen molar-refractivity contribution in [3.8, 4) is 5.13 Å². The SMILES string of the molecule is CCc1nn(-c2nccs2)c2c1C(N)CCC2. The van der Waals surface area contributed by atoms with Crippen LogP contribution in [0.5, 0.6) is 0 Å². The summed E-state index contributed by atoms with van der Waals surface area (Å²) in [5.74, 6) is 0. The Morgan fingerprint density at radius 2 is 2.47 bits per heavy atom. The molecule has 0 amide bonds. The Labute approximate surface area is 104 Å². The molecule has 2 aromatic rings. The van der Waals surface area contributed by atoms with Crippen LogP contribution in [0.2, 0.25) is 0 Å². The van der Waals surface area contributed by atoms with Crippen molar-refractivity contribution in [1.29, 1.82) is 0 Å². The smallest absolute Gasteiger partial charge is 0.210 e. The van der Waals surface area contributed by atoms with E-state index in [1.54, 1.807) is 11.3 Å². The maximum atomic E-state index is 6.22. The molecular weight excluding hydrogens is 232 g/mol. The van der Waals surface area contributed by atoms with Gasteiger partial charge in [-0.05, 0) is 25.7 Å². The molecule has 0 bridgehead atoms. The molecular formula is C12H16N4S. The lowest BCUT2D eigenvalue weighted by Crippen LogP contribution is -2.18. The zero-order chi connectivity index (χ0) is 11.8. The van der Waals surface area contributed by atoms with E-state index >= 15 is 0 Å². The number of nitrogens with two attached hydrogens (primary N) is 1. The molecule has 2 heterocycles. The minimum absolute atomic E-state index is 0.155. The monoisotopic (exact) mass is 248 g/mol. The van der Waals surface area contributed by atoms with Gasteiger partial charge in [0, 0.05) is 23.2 Å². The van der Waals surface area contributed by atoms with Gasteiger partial charge in [-0.2, -0.15) is 5.10 Å². The minimum Gasteiger partial charge on any atom is -0.324 e. The molecule has 0 radical (unpaired) electrons. The Hall–Kier alpha value is -1.20. The molecule has 1 aliphatic carbocycles. The largest absolute Gasteiger partial charge is 0.324 e. The fraction of sp³-hybridized carbons (Fsp3) is 0.500. The second kappa shape index (κ2) is 4.23. The first-order chi connectivity index (χ1) is 8.31. The Bertz CT molecular complexity index is 515. The van der Waals surface area contributed by atoms with Crippen molar-refractivity contribution >= 4 is 11.3 Å². The maximum Gasteiger partial charge on any atom is 0.210 e. The predicted molar refractivity (Wildman–Crippen MR) is 68.5 cm³/mol. The molecule has 2 aromatic heterocycles. The fourth-order valence-corrected chi connectivity index (χ4v) is 3.17. The summed E-state index contributed by atoms with van der Waals surface area (Å²) in [6.45, 7) is 2.14. The summed E-state index contributed by atoms with van der Waals surface area (Å²) in [6, 6.07) is 0.155. The highest BCUT2D eigenvalue weighted by Gasteiger charge is 2.26. The van der Waals surface area contributed by atoms with Crippen LogP contribution in [0.4, 0.5) is 0 Å². The van der Waals surface area contributed by atoms with Gasteiger partial charge in [0.15, 0.2) is 0 Å². The Kier molecular flexibility index (Phi) is 2.72. The highest BCUT2D eigenvalue weighted by molar-refractivity contribution is 7.12. The molecule has 0 aliphatic heterocycles. The van der Waals surface area contributed by atoms with Gasteiger partial charge >= 0.3 is 0 Å². The normalized spacial score (nSPS) is 19.3. The van der Waals surface area contributed by atoms with Gasteiger partial charge in [-0.3, -0.25) is 0 Å². The van der Waals surface area contributed by atoms with Crippen LogP contribution in [0, 0.1) is 0 Å². The van der Waals surface area contributed by atoms with E-state index in [-0.39, 0.29) is 6.04 Å². The summed E-state index contributed by atoms with van der Waals surface area (Å²) in [5.41, 5.74) is 9.91. The van der Waals surface area contributed by atoms with Crippen LogP contribution in [-0.4, -0.2) is 14.8 Å². The molecule has 1 unspecified atom stereocenters. The average Bonchev–Trinajstić information content (AvgIpc) is 2.95. The van der Waals surface area contributed by atoms with Crippen LogP contribution in [0.1, 0.15) is 42.8 Å². The van der Waals surface area contributed by atoms with E-state index in [1.807, 2.05) is 16.3 Å². The number of thiazole rings is 1.